The van der Waals surface area contributed by atoms with Crippen molar-refractivity contribution < 1.29 is 22.8 Å². The van der Waals surface area contributed by atoms with Crippen molar-refractivity contribution in [3.8, 4) is 0 Å². The van der Waals surface area contributed by atoms with Gasteiger partial charge in [-0.15, -0.1) is 0 Å². The average molecular weight is 554 g/mol. The number of carbonyl (C=O) groups is 3. The zero-order chi connectivity index (χ0) is 26.5. The number of fused-ring (bicyclic) bond motifs is 1. The third-order valence-corrected chi connectivity index (χ3v) is 8.57. The minimum atomic E-state index is -4.04. The van der Waals surface area contributed by atoms with Gasteiger partial charge in [0.25, 0.3) is 15.9 Å². The summed E-state index contributed by atoms with van der Waals surface area (Å²) in [6.07, 6.45) is 1.78. The van der Waals surface area contributed by atoms with E-state index in [0.717, 1.165) is 17.1 Å². The van der Waals surface area contributed by atoms with Crippen molar-refractivity contribution in [2.45, 2.75) is 57.0 Å². The summed E-state index contributed by atoms with van der Waals surface area (Å²) in [5.41, 5.74) is 0.745. The van der Waals surface area contributed by atoms with Gasteiger partial charge in [-0.2, -0.15) is 0 Å². The summed E-state index contributed by atoms with van der Waals surface area (Å²) in [6, 6.07) is 10.1. The van der Waals surface area contributed by atoms with E-state index in [4.69, 9.17) is 23.2 Å². The number of nitrogens with one attached hydrogen (secondary N) is 1. The van der Waals surface area contributed by atoms with Gasteiger partial charge in [0, 0.05) is 26.1 Å². The van der Waals surface area contributed by atoms with Crippen LogP contribution < -0.4 is 5.32 Å². The smallest absolute Gasteiger partial charge is 0.269 e. The summed E-state index contributed by atoms with van der Waals surface area (Å²) in [4.78, 5) is 40.5. The van der Waals surface area contributed by atoms with Crippen molar-refractivity contribution in [1.82, 2.24) is 14.5 Å². The van der Waals surface area contributed by atoms with Crippen LogP contribution in [0.5, 0.6) is 0 Å². The van der Waals surface area contributed by atoms with E-state index in [1.54, 1.807) is 37.3 Å². The summed E-state index contributed by atoms with van der Waals surface area (Å²) in [6.45, 7) is 4.02. The summed E-state index contributed by atoms with van der Waals surface area (Å²) in [7, 11) is -4.04. The second-order valence-corrected chi connectivity index (χ2v) is 11.1. The molecule has 1 N–H and O–H groups in total. The van der Waals surface area contributed by atoms with E-state index < -0.39 is 27.9 Å². The second kappa shape index (κ2) is 12.1. The van der Waals surface area contributed by atoms with Crippen molar-refractivity contribution in [1.29, 1.82) is 0 Å². The Bertz CT molecular complexity index is 1250. The lowest BCUT2D eigenvalue weighted by molar-refractivity contribution is -0.141. The number of nitrogens with zero attached hydrogens (tertiary/aromatic N) is 2. The van der Waals surface area contributed by atoms with E-state index in [2.05, 4.69) is 5.32 Å². The lowest BCUT2D eigenvalue weighted by atomic mass is 10.1. The monoisotopic (exact) mass is 553 g/mol. The minimum absolute atomic E-state index is 0.0658. The third kappa shape index (κ3) is 6.02. The number of sulfonamides is 1. The Morgan fingerprint density at radius 3 is 2.44 bits per heavy atom. The molecule has 0 bridgehead atoms. The molecule has 0 spiro atoms. The normalized spacial score (nSPS) is 14.9. The molecular weight excluding hydrogens is 525 g/mol. The quantitative estimate of drug-likeness (QED) is 0.419. The summed E-state index contributed by atoms with van der Waals surface area (Å²) in [5, 5.41) is 3.54. The fourth-order valence-corrected chi connectivity index (χ4v) is 5.94. The number of rotatable bonds is 11. The molecule has 1 aliphatic heterocycles. The predicted octanol–water partition coefficient (Wildman–Crippen LogP) is 4.25. The highest BCUT2D eigenvalue weighted by molar-refractivity contribution is 7.90. The van der Waals surface area contributed by atoms with Gasteiger partial charge < -0.3 is 10.2 Å². The fraction of sp³-hybridized carbons (Fsp3) is 0.400. The number of halogens is 2. The van der Waals surface area contributed by atoms with Crippen LogP contribution in [0.1, 0.15) is 55.5 Å². The van der Waals surface area contributed by atoms with Crippen molar-refractivity contribution in [3.05, 3.63) is 63.6 Å². The molecule has 1 heterocycles. The molecule has 11 heteroatoms. The highest BCUT2D eigenvalue weighted by atomic mass is 35.5. The van der Waals surface area contributed by atoms with Crippen LogP contribution in [0.4, 0.5) is 0 Å². The lowest BCUT2D eigenvalue weighted by Crippen LogP contribution is -2.49. The second-order valence-electron chi connectivity index (χ2n) is 8.47. The largest absolute Gasteiger partial charge is 0.354 e. The van der Waals surface area contributed by atoms with E-state index in [1.807, 2.05) is 6.92 Å². The molecule has 3 amide bonds. The molecule has 2 aromatic carbocycles. The first kappa shape index (κ1) is 28.0. The molecule has 0 aromatic heterocycles. The van der Waals surface area contributed by atoms with Crippen molar-refractivity contribution in [3.63, 3.8) is 0 Å². The molecule has 0 fully saturated rings. The van der Waals surface area contributed by atoms with Crippen molar-refractivity contribution in [2.24, 2.45) is 0 Å². The fourth-order valence-electron chi connectivity index (χ4n) is 4.05. The number of unbranched alkanes of at least 4 members (excludes halogenated alkanes) is 1. The number of hydrogen-bond acceptors (Lipinski definition) is 5. The SMILES string of the molecule is CCCCNC(=O)[C@H](CC)N(Cc1ccc(Cl)c(Cl)c1)C(=O)CCN1C(=O)c2ccccc2S1(=O)=O. The number of hydrogen-bond donors (Lipinski definition) is 1. The van der Waals surface area contributed by atoms with Crippen LogP contribution in [0.2, 0.25) is 10.0 Å². The van der Waals surface area contributed by atoms with Crippen molar-refractivity contribution >= 4 is 50.9 Å². The first-order chi connectivity index (χ1) is 17.1. The Balaban J connectivity index is 1.82. The van der Waals surface area contributed by atoms with Gasteiger partial charge in [-0.3, -0.25) is 14.4 Å². The standard InChI is InChI=1S/C25H29Cl2N3O5S/c1-3-5-13-28-24(32)21(4-2)29(16-17-10-11-19(26)20(27)15-17)23(31)12-14-30-25(33)18-8-6-7-9-22(18)36(30,34)35/h6-11,15,21H,3-5,12-14,16H2,1-2H3,(H,28,32)/t21-/m0/s1. The van der Waals surface area contributed by atoms with Crippen LogP contribution in [-0.4, -0.2) is 54.5 Å². The Labute approximate surface area is 221 Å². The Morgan fingerprint density at radius 2 is 1.81 bits per heavy atom. The molecule has 8 nitrogen and oxygen atoms in total. The summed E-state index contributed by atoms with van der Waals surface area (Å²) in [5.74, 6) is -1.42. The van der Waals surface area contributed by atoms with Crippen LogP contribution >= 0.6 is 23.2 Å². The molecule has 0 unspecified atom stereocenters. The van der Waals surface area contributed by atoms with Gasteiger partial charge in [0.05, 0.1) is 15.6 Å². The maximum absolute atomic E-state index is 13.4. The number of benzene rings is 2. The Hall–Kier alpha value is -2.62. The molecule has 0 saturated heterocycles. The minimum Gasteiger partial charge on any atom is -0.354 e. The van der Waals surface area contributed by atoms with E-state index >= 15 is 0 Å². The van der Waals surface area contributed by atoms with E-state index in [9.17, 15) is 22.8 Å². The van der Waals surface area contributed by atoms with Crippen LogP contribution in [0, 0.1) is 0 Å². The zero-order valence-corrected chi connectivity index (χ0v) is 22.5. The van der Waals surface area contributed by atoms with Gasteiger partial charge >= 0.3 is 0 Å². The molecule has 0 aliphatic carbocycles. The molecule has 36 heavy (non-hydrogen) atoms. The van der Waals surface area contributed by atoms with Gasteiger partial charge in [0.2, 0.25) is 11.8 Å². The molecule has 1 aliphatic rings. The Morgan fingerprint density at radius 1 is 1.08 bits per heavy atom. The molecule has 1 atom stereocenters. The first-order valence-corrected chi connectivity index (χ1v) is 14.0. The topological polar surface area (TPSA) is 104 Å². The predicted molar refractivity (Wildman–Crippen MR) is 138 cm³/mol. The summed E-state index contributed by atoms with van der Waals surface area (Å²) >= 11 is 12.2. The highest BCUT2D eigenvalue weighted by Gasteiger charge is 2.41. The molecule has 2 aromatic rings. The maximum atomic E-state index is 13.4. The van der Waals surface area contributed by atoms with Crippen molar-refractivity contribution in [2.75, 3.05) is 13.1 Å². The third-order valence-electron chi connectivity index (χ3n) is 5.99. The average Bonchev–Trinajstić information content (AvgIpc) is 3.04. The molecule has 0 saturated carbocycles. The van der Waals surface area contributed by atoms with E-state index in [0.29, 0.717) is 28.6 Å². The van der Waals surface area contributed by atoms with Gasteiger partial charge in [0.15, 0.2) is 0 Å². The number of amides is 3. The summed E-state index contributed by atoms with van der Waals surface area (Å²) < 4.78 is 26.5. The molecular formula is C25H29Cl2N3O5S. The molecule has 194 valence electrons. The Kier molecular flexibility index (Phi) is 9.38. The van der Waals surface area contributed by atoms with Gasteiger partial charge in [-0.25, -0.2) is 12.7 Å². The van der Waals surface area contributed by atoms with Gasteiger partial charge in [-0.1, -0.05) is 61.7 Å². The van der Waals surface area contributed by atoms with Gasteiger partial charge in [-0.05, 0) is 42.7 Å². The first-order valence-electron chi connectivity index (χ1n) is 11.8. The zero-order valence-electron chi connectivity index (χ0n) is 20.2. The van der Waals surface area contributed by atoms with E-state index in [-0.39, 0.29) is 35.9 Å². The van der Waals surface area contributed by atoms with Crippen LogP contribution in [-0.2, 0) is 26.2 Å². The molecule has 3 rings (SSSR count). The van der Waals surface area contributed by atoms with Gasteiger partial charge in [0.1, 0.15) is 10.9 Å². The highest BCUT2D eigenvalue weighted by Crippen LogP contribution is 2.30. The van der Waals surface area contributed by atoms with Crippen LogP contribution in [0.3, 0.4) is 0 Å². The van der Waals surface area contributed by atoms with Crippen LogP contribution in [0.25, 0.3) is 0 Å². The maximum Gasteiger partial charge on any atom is 0.269 e. The lowest BCUT2D eigenvalue weighted by Gasteiger charge is -2.31. The molecule has 0 radical (unpaired) electrons. The number of carbonyl (C=O) groups excluding carboxylic acids is 3. The van der Waals surface area contributed by atoms with E-state index in [1.165, 1.54) is 17.0 Å². The van der Waals surface area contributed by atoms with Crippen LogP contribution in [0.15, 0.2) is 47.4 Å².